The van der Waals surface area contributed by atoms with Gasteiger partial charge in [-0.2, -0.15) is 0 Å². The Hall–Kier alpha value is -2.62. The zero-order chi connectivity index (χ0) is 18.2. The lowest BCUT2D eigenvalue weighted by Crippen LogP contribution is -2.15. The average molecular weight is 347 g/mol. The molecule has 0 aliphatic carbocycles. The molecule has 0 spiro atoms. The summed E-state index contributed by atoms with van der Waals surface area (Å²) in [4.78, 5) is 0. The SMILES string of the molecule is Cc1cccc(COc2ccc(COC(CN)c3ccccc3)cc2)c1. The second kappa shape index (κ2) is 9.18. The monoisotopic (exact) mass is 347 g/mol. The maximum Gasteiger partial charge on any atom is 0.119 e. The molecule has 0 aromatic heterocycles. The average Bonchev–Trinajstić information content (AvgIpc) is 2.69. The maximum absolute atomic E-state index is 5.98. The number of rotatable bonds is 8. The molecule has 0 fully saturated rings. The van der Waals surface area contributed by atoms with Crippen LogP contribution in [0.25, 0.3) is 0 Å². The molecule has 0 bridgehead atoms. The van der Waals surface area contributed by atoms with Crippen molar-refractivity contribution in [2.45, 2.75) is 26.2 Å². The molecule has 3 aromatic carbocycles. The predicted molar refractivity (Wildman–Crippen MR) is 105 cm³/mol. The van der Waals surface area contributed by atoms with Crippen LogP contribution in [-0.4, -0.2) is 6.54 Å². The Morgan fingerprint density at radius 1 is 0.808 bits per heavy atom. The molecule has 0 saturated carbocycles. The Labute approximate surface area is 155 Å². The second-order valence-electron chi connectivity index (χ2n) is 6.37. The molecule has 3 rings (SSSR count). The van der Waals surface area contributed by atoms with Gasteiger partial charge < -0.3 is 15.2 Å². The van der Waals surface area contributed by atoms with Crippen LogP contribution >= 0.6 is 0 Å². The van der Waals surface area contributed by atoms with E-state index in [0.29, 0.717) is 19.8 Å². The van der Waals surface area contributed by atoms with E-state index in [0.717, 1.165) is 16.9 Å². The van der Waals surface area contributed by atoms with Crippen molar-refractivity contribution in [3.05, 3.63) is 101 Å². The molecule has 0 heterocycles. The number of benzene rings is 3. The van der Waals surface area contributed by atoms with E-state index in [1.165, 1.54) is 11.1 Å². The zero-order valence-electron chi connectivity index (χ0n) is 15.1. The summed E-state index contributed by atoms with van der Waals surface area (Å²) in [6.07, 6.45) is -0.0894. The highest BCUT2D eigenvalue weighted by Gasteiger charge is 2.09. The first-order valence-corrected chi connectivity index (χ1v) is 8.88. The third-order valence-corrected chi connectivity index (χ3v) is 4.25. The van der Waals surface area contributed by atoms with Crippen molar-refractivity contribution in [3.63, 3.8) is 0 Å². The van der Waals surface area contributed by atoms with Gasteiger partial charge in [0.25, 0.3) is 0 Å². The minimum absolute atomic E-state index is 0.0894. The molecular weight excluding hydrogens is 322 g/mol. The highest BCUT2D eigenvalue weighted by Crippen LogP contribution is 2.20. The van der Waals surface area contributed by atoms with Crippen LogP contribution in [-0.2, 0) is 18.0 Å². The summed E-state index contributed by atoms with van der Waals surface area (Å²) >= 11 is 0. The Bertz CT molecular complexity index is 800. The molecule has 2 N–H and O–H groups in total. The third kappa shape index (κ3) is 5.19. The summed E-state index contributed by atoms with van der Waals surface area (Å²) in [7, 11) is 0. The van der Waals surface area contributed by atoms with Gasteiger partial charge in [-0.1, -0.05) is 72.3 Å². The van der Waals surface area contributed by atoms with Crippen molar-refractivity contribution >= 4 is 0 Å². The van der Waals surface area contributed by atoms with Crippen LogP contribution in [0.4, 0.5) is 0 Å². The van der Waals surface area contributed by atoms with Crippen molar-refractivity contribution in [3.8, 4) is 5.75 Å². The van der Waals surface area contributed by atoms with Crippen LogP contribution in [0.2, 0.25) is 0 Å². The summed E-state index contributed by atoms with van der Waals surface area (Å²) < 4.78 is 11.8. The number of hydrogen-bond donors (Lipinski definition) is 1. The second-order valence-corrected chi connectivity index (χ2v) is 6.37. The van der Waals surface area contributed by atoms with E-state index in [-0.39, 0.29) is 6.10 Å². The van der Waals surface area contributed by atoms with Crippen LogP contribution in [0, 0.1) is 6.92 Å². The van der Waals surface area contributed by atoms with E-state index in [1.807, 2.05) is 54.6 Å². The molecule has 0 aliphatic heterocycles. The van der Waals surface area contributed by atoms with Gasteiger partial charge in [-0.05, 0) is 35.7 Å². The molecule has 0 aliphatic rings. The van der Waals surface area contributed by atoms with Crippen LogP contribution in [0.5, 0.6) is 5.75 Å². The van der Waals surface area contributed by atoms with Gasteiger partial charge in [-0.3, -0.25) is 0 Å². The minimum atomic E-state index is -0.0894. The fraction of sp³-hybridized carbons (Fsp3) is 0.217. The highest BCUT2D eigenvalue weighted by molar-refractivity contribution is 5.28. The Kier molecular flexibility index (Phi) is 6.42. The first-order chi connectivity index (χ1) is 12.7. The number of ether oxygens (including phenoxy) is 2. The van der Waals surface area contributed by atoms with E-state index in [4.69, 9.17) is 15.2 Å². The normalized spacial score (nSPS) is 11.9. The first kappa shape index (κ1) is 18.2. The van der Waals surface area contributed by atoms with Crippen molar-refractivity contribution in [1.29, 1.82) is 0 Å². The van der Waals surface area contributed by atoms with Gasteiger partial charge in [0, 0.05) is 6.54 Å². The van der Waals surface area contributed by atoms with Crippen LogP contribution in [0.3, 0.4) is 0 Å². The Balaban J connectivity index is 1.52. The van der Waals surface area contributed by atoms with E-state index in [9.17, 15) is 0 Å². The van der Waals surface area contributed by atoms with Crippen LogP contribution in [0.1, 0.15) is 28.4 Å². The van der Waals surface area contributed by atoms with Crippen LogP contribution in [0.15, 0.2) is 78.9 Å². The Morgan fingerprint density at radius 3 is 2.27 bits per heavy atom. The van der Waals surface area contributed by atoms with Crippen molar-refractivity contribution in [2.75, 3.05) is 6.54 Å². The smallest absolute Gasteiger partial charge is 0.119 e. The molecule has 1 unspecified atom stereocenters. The molecular formula is C23H25NO2. The van der Waals surface area contributed by atoms with Crippen molar-refractivity contribution in [1.82, 2.24) is 0 Å². The summed E-state index contributed by atoms with van der Waals surface area (Å²) in [5.74, 6) is 0.855. The van der Waals surface area contributed by atoms with Gasteiger partial charge in [-0.25, -0.2) is 0 Å². The predicted octanol–water partition coefficient (Wildman–Crippen LogP) is 4.79. The first-order valence-electron chi connectivity index (χ1n) is 8.88. The van der Waals surface area contributed by atoms with Crippen molar-refractivity contribution in [2.24, 2.45) is 5.73 Å². The van der Waals surface area contributed by atoms with Gasteiger partial charge in [0.2, 0.25) is 0 Å². The van der Waals surface area contributed by atoms with Gasteiger partial charge in [0.05, 0.1) is 12.7 Å². The molecule has 0 saturated heterocycles. The molecule has 3 nitrogen and oxygen atoms in total. The van der Waals surface area contributed by atoms with E-state index in [2.05, 4.69) is 31.2 Å². The standard InChI is InChI=1S/C23H25NO2/c1-18-6-5-7-20(14-18)17-25-22-12-10-19(11-13-22)16-26-23(15-24)21-8-3-2-4-9-21/h2-14,23H,15-17,24H2,1H3. The fourth-order valence-electron chi connectivity index (χ4n) is 2.82. The lowest BCUT2D eigenvalue weighted by atomic mass is 10.1. The Morgan fingerprint density at radius 2 is 1.58 bits per heavy atom. The van der Waals surface area contributed by atoms with Crippen molar-refractivity contribution < 1.29 is 9.47 Å². The maximum atomic E-state index is 5.98. The van der Waals surface area contributed by atoms with Gasteiger partial charge in [-0.15, -0.1) is 0 Å². The molecule has 26 heavy (non-hydrogen) atoms. The summed E-state index contributed by atoms with van der Waals surface area (Å²) in [6.45, 7) is 3.64. The molecule has 3 aromatic rings. The molecule has 1 atom stereocenters. The summed E-state index contributed by atoms with van der Waals surface area (Å²) in [6, 6.07) is 26.5. The minimum Gasteiger partial charge on any atom is -0.489 e. The quantitative estimate of drug-likeness (QED) is 0.637. The van der Waals surface area contributed by atoms with E-state index >= 15 is 0 Å². The summed E-state index contributed by atoms with van der Waals surface area (Å²) in [5.41, 5.74) is 10.5. The molecule has 0 radical (unpaired) electrons. The zero-order valence-corrected chi connectivity index (χ0v) is 15.1. The lowest BCUT2D eigenvalue weighted by molar-refractivity contribution is 0.0456. The van der Waals surface area contributed by atoms with E-state index < -0.39 is 0 Å². The largest absolute Gasteiger partial charge is 0.489 e. The highest BCUT2D eigenvalue weighted by atomic mass is 16.5. The number of hydrogen-bond acceptors (Lipinski definition) is 3. The lowest BCUT2D eigenvalue weighted by Gasteiger charge is -2.16. The third-order valence-electron chi connectivity index (χ3n) is 4.25. The molecule has 0 amide bonds. The molecule has 3 heteroatoms. The van der Waals surface area contributed by atoms with Gasteiger partial charge in [0.1, 0.15) is 12.4 Å². The van der Waals surface area contributed by atoms with Crippen LogP contribution < -0.4 is 10.5 Å². The van der Waals surface area contributed by atoms with Gasteiger partial charge in [0.15, 0.2) is 0 Å². The number of nitrogens with two attached hydrogens (primary N) is 1. The summed E-state index contributed by atoms with van der Waals surface area (Å²) in [5, 5.41) is 0. The fourth-order valence-corrected chi connectivity index (χ4v) is 2.82. The van der Waals surface area contributed by atoms with Gasteiger partial charge >= 0.3 is 0 Å². The van der Waals surface area contributed by atoms with E-state index in [1.54, 1.807) is 0 Å². The molecule has 134 valence electrons. The number of aryl methyl sites for hydroxylation is 1. The topological polar surface area (TPSA) is 44.5 Å².